The zero-order valence-electron chi connectivity index (χ0n) is 27.0. The van der Waals surface area contributed by atoms with Crippen LogP contribution in [0.25, 0.3) is 38.6 Å². The Hall–Kier alpha value is -6.97. The Balaban J connectivity index is 1.43. The Bertz CT molecular complexity index is 2580. The van der Waals surface area contributed by atoms with Crippen LogP contribution in [-0.4, -0.2) is 12.6 Å². The van der Waals surface area contributed by atoms with Crippen LogP contribution in [0.3, 0.4) is 0 Å². The fourth-order valence-corrected chi connectivity index (χ4v) is 12.3. The maximum Gasteiger partial charge on any atom is 0.179 e. The van der Waals surface area contributed by atoms with E-state index in [0.717, 1.165) is 43.8 Å². The Morgan fingerprint density at radius 2 is 1.04 bits per heavy atom. The smallest absolute Gasteiger partial charge is 0.179 e. The van der Waals surface area contributed by atoms with Gasteiger partial charge in [0.2, 0.25) is 0 Å². The average molecular weight is 653 g/mol. The number of nitrogens with zero attached hydrogens (tertiary/aromatic N) is 4. The van der Waals surface area contributed by atoms with Crippen LogP contribution in [0.4, 0.5) is 0 Å². The molecule has 0 fully saturated rings. The molecule has 50 heavy (non-hydrogen) atoms. The summed E-state index contributed by atoms with van der Waals surface area (Å²) in [6.45, 7) is 0. The number of para-hydroxylation sites is 1. The molecular weight excluding hydrogens is 625 g/mol. The lowest BCUT2D eigenvalue weighted by Gasteiger charge is -2.35. The predicted molar refractivity (Wildman–Crippen MR) is 204 cm³/mol. The molecular formula is C45H28N4Si. The van der Waals surface area contributed by atoms with E-state index >= 15 is 0 Å². The zero-order chi connectivity index (χ0) is 34.1. The molecule has 8 aromatic rings. The van der Waals surface area contributed by atoms with Crippen molar-refractivity contribution in [2.45, 2.75) is 0 Å². The van der Waals surface area contributed by atoms with Crippen molar-refractivity contribution in [1.29, 1.82) is 15.8 Å². The maximum absolute atomic E-state index is 10.6. The van der Waals surface area contributed by atoms with Crippen molar-refractivity contribution in [3.8, 4) is 35.0 Å². The molecule has 0 atom stereocenters. The van der Waals surface area contributed by atoms with Crippen LogP contribution in [0.2, 0.25) is 0 Å². The van der Waals surface area contributed by atoms with Gasteiger partial charge in [-0.05, 0) is 68.8 Å². The van der Waals surface area contributed by atoms with Gasteiger partial charge in [0.1, 0.15) is 12.1 Å². The standard InChI is InChI=1S/C45H28N4Si/c46-29-32-23-24-45-42(25-32)40-21-10-11-22-44(40)49(45)35-14-12-13-33(26-35)41-28-39(27-34(30-47)43(41)31-48)50(36-15-4-1-5-16-36,37-17-6-2-7-18-37)38-19-8-3-9-20-38/h1-28H. The molecule has 0 amide bonds. The second-order valence-electron chi connectivity index (χ2n) is 12.3. The minimum absolute atomic E-state index is 0.353. The van der Waals surface area contributed by atoms with Crippen LogP contribution in [0.5, 0.6) is 0 Å². The molecule has 0 aliphatic heterocycles. The SMILES string of the molecule is N#Cc1ccc2c(c1)c1ccccc1n2-c1cccc(-c2cc([Si](c3ccccc3)(c3ccccc3)c3ccccc3)cc(C#N)c2C#N)c1. The number of aromatic nitrogens is 1. The van der Waals surface area contributed by atoms with Crippen molar-refractivity contribution in [3.63, 3.8) is 0 Å². The summed E-state index contributed by atoms with van der Waals surface area (Å²) >= 11 is 0. The average Bonchev–Trinajstić information content (AvgIpc) is 3.52. The van der Waals surface area contributed by atoms with Gasteiger partial charge in [-0.1, -0.05) is 127 Å². The number of benzene rings is 7. The van der Waals surface area contributed by atoms with E-state index in [1.807, 2.05) is 66.7 Å². The van der Waals surface area contributed by atoms with Gasteiger partial charge in [0.05, 0.1) is 33.8 Å². The predicted octanol–water partition coefficient (Wildman–Crippen LogP) is 7.44. The highest BCUT2D eigenvalue weighted by atomic mass is 28.3. The van der Waals surface area contributed by atoms with Gasteiger partial charge in [-0.3, -0.25) is 0 Å². The summed E-state index contributed by atoms with van der Waals surface area (Å²) in [5.74, 6) is 0. The highest BCUT2D eigenvalue weighted by molar-refractivity contribution is 7.20. The van der Waals surface area contributed by atoms with Crippen LogP contribution in [0.1, 0.15) is 16.7 Å². The first-order chi connectivity index (χ1) is 24.7. The lowest BCUT2D eigenvalue weighted by molar-refractivity contribution is 1.18. The first-order valence-corrected chi connectivity index (χ1v) is 18.4. The summed E-state index contributed by atoms with van der Waals surface area (Å²) in [5, 5.41) is 37.5. The van der Waals surface area contributed by atoms with Gasteiger partial charge in [0.15, 0.2) is 8.07 Å². The zero-order valence-corrected chi connectivity index (χ0v) is 28.0. The molecule has 7 aromatic carbocycles. The third-order valence-electron chi connectivity index (χ3n) is 9.64. The second-order valence-corrected chi connectivity index (χ2v) is 16.1. The molecule has 4 nitrogen and oxygen atoms in total. The summed E-state index contributed by atoms with van der Waals surface area (Å²) < 4.78 is 2.20. The largest absolute Gasteiger partial charge is 0.309 e. The van der Waals surface area contributed by atoms with E-state index in [0.29, 0.717) is 16.7 Å². The summed E-state index contributed by atoms with van der Waals surface area (Å²) in [5.41, 5.74) is 5.80. The fraction of sp³-hybridized carbons (Fsp3) is 0. The molecule has 0 saturated heterocycles. The monoisotopic (exact) mass is 652 g/mol. The highest BCUT2D eigenvalue weighted by Gasteiger charge is 2.42. The van der Waals surface area contributed by atoms with E-state index in [2.05, 4.69) is 126 Å². The summed E-state index contributed by atoms with van der Waals surface area (Å²) in [4.78, 5) is 0. The van der Waals surface area contributed by atoms with Gasteiger partial charge in [0, 0.05) is 22.0 Å². The molecule has 0 N–H and O–H groups in total. The van der Waals surface area contributed by atoms with Crippen LogP contribution in [0, 0.1) is 34.0 Å². The summed E-state index contributed by atoms with van der Waals surface area (Å²) in [7, 11) is -2.99. The molecule has 0 saturated carbocycles. The van der Waals surface area contributed by atoms with Crippen LogP contribution < -0.4 is 20.7 Å². The summed E-state index contributed by atoms with van der Waals surface area (Å²) in [6, 6.07) is 65.0. The number of nitriles is 3. The molecule has 1 heterocycles. The second kappa shape index (κ2) is 12.6. The number of hydrogen-bond acceptors (Lipinski definition) is 3. The topological polar surface area (TPSA) is 76.3 Å². The normalized spacial score (nSPS) is 11.1. The molecule has 0 aliphatic rings. The summed E-state index contributed by atoms with van der Waals surface area (Å²) in [6.07, 6.45) is 0. The van der Waals surface area contributed by atoms with Gasteiger partial charge < -0.3 is 4.57 Å². The van der Waals surface area contributed by atoms with Crippen LogP contribution in [-0.2, 0) is 0 Å². The van der Waals surface area contributed by atoms with Gasteiger partial charge in [-0.15, -0.1) is 0 Å². The van der Waals surface area contributed by atoms with Crippen molar-refractivity contribution in [2.75, 3.05) is 0 Å². The van der Waals surface area contributed by atoms with E-state index in [4.69, 9.17) is 0 Å². The molecule has 0 spiro atoms. The molecule has 1 aromatic heterocycles. The van der Waals surface area contributed by atoms with Crippen molar-refractivity contribution in [3.05, 3.63) is 187 Å². The number of rotatable bonds is 6. The van der Waals surface area contributed by atoms with Crippen LogP contribution in [0.15, 0.2) is 170 Å². The number of fused-ring (bicyclic) bond motifs is 3. The van der Waals surface area contributed by atoms with Gasteiger partial charge in [-0.2, -0.15) is 15.8 Å². The van der Waals surface area contributed by atoms with Crippen LogP contribution >= 0.6 is 0 Å². The molecule has 0 radical (unpaired) electrons. The third-order valence-corrected chi connectivity index (χ3v) is 14.4. The van der Waals surface area contributed by atoms with E-state index in [1.54, 1.807) is 0 Å². The van der Waals surface area contributed by atoms with Gasteiger partial charge in [-0.25, -0.2) is 0 Å². The van der Waals surface area contributed by atoms with E-state index < -0.39 is 8.07 Å². The van der Waals surface area contributed by atoms with Crippen molar-refractivity contribution in [1.82, 2.24) is 4.57 Å². The molecule has 0 aliphatic carbocycles. The fourth-order valence-electron chi connectivity index (χ4n) is 7.49. The molecule has 0 unspecified atom stereocenters. The minimum Gasteiger partial charge on any atom is -0.309 e. The maximum atomic E-state index is 10.6. The minimum atomic E-state index is -2.99. The molecule has 0 bridgehead atoms. The molecule has 5 heteroatoms. The van der Waals surface area contributed by atoms with Gasteiger partial charge >= 0.3 is 0 Å². The molecule has 232 valence electrons. The lowest BCUT2D eigenvalue weighted by atomic mass is 9.96. The van der Waals surface area contributed by atoms with Gasteiger partial charge in [0.25, 0.3) is 0 Å². The Labute approximate surface area is 291 Å². The lowest BCUT2D eigenvalue weighted by Crippen LogP contribution is -2.74. The number of hydrogen-bond donors (Lipinski definition) is 0. The van der Waals surface area contributed by atoms with E-state index in [-0.39, 0.29) is 0 Å². The van der Waals surface area contributed by atoms with E-state index in [9.17, 15) is 15.8 Å². The molecule has 8 rings (SSSR count). The Kier molecular flexibility index (Phi) is 7.63. The first kappa shape index (κ1) is 30.4. The highest BCUT2D eigenvalue weighted by Crippen LogP contribution is 2.35. The van der Waals surface area contributed by atoms with Crippen molar-refractivity contribution >= 4 is 50.6 Å². The Morgan fingerprint density at radius 1 is 0.440 bits per heavy atom. The van der Waals surface area contributed by atoms with Crippen molar-refractivity contribution < 1.29 is 0 Å². The Morgan fingerprint density at radius 3 is 1.64 bits per heavy atom. The first-order valence-electron chi connectivity index (χ1n) is 16.4. The third kappa shape index (κ3) is 4.80. The quantitative estimate of drug-likeness (QED) is 0.138. The van der Waals surface area contributed by atoms with E-state index in [1.165, 1.54) is 15.6 Å². The van der Waals surface area contributed by atoms with Crippen molar-refractivity contribution in [2.24, 2.45) is 0 Å².